The van der Waals surface area contributed by atoms with Crippen LogP contribution in [-0.4, -0.2) is 23.7 Å². The van der Waals surface area contributed by atoms with E-state index in [0.29, 0.717) is 18.4 Å². The monoisotopic (exact) mass is 219 g/mol. The first kappa shape index (κ1) is 11.0. The van der Waals surface area contributed by atoms with Gasteiger partial charge in [-0.1, -0.05) is 18.2 Å². The molecule has 0 spiro atoms. The average Bonchev–Trinajstić information content (AvgIpc) is 3.11. The molecule has 16 heavy (non-hydrogen) atoms. The fourth-order valence-corrected chi connectivity index (χ4v) is 1.53. The van der Waals surface area contributed by atoms with Crippen LogP contribution in [0.3, 0.4) is 0 Å². The summed E-state index contributed by atoms with van der Waals surface area (Å²) in [6.45, 7) is 0.385. The number of hydrogen-bond donors (Lipinski definition) is 3. The van der Waals surface area contributed by atoms with E-state index in [4.69, 9.17) is 5.73 Å². The van der Waals surface area contributed by atoms with Crippen LogP contribution in [0.4, 0.5) is 5.69 Å². The van der Waals surface area contributed by atoms with Crippen LogP contribution in [0.1, 0.15) is 12.8 Å². The highest BCUT2D eigenvalue weighted by Crippen LogP contribution is 2.32. The minimum Gasteiger partial charge on any atom is -0.391 e. The third kappa shape index (κ3) is 3.24. The molecule has 4 nitrogen and oxygen atoms in total. The quantitative estimate of drug-likeness (QED) is 0.526. The largest absolute Gasteiger partial charge is 0.391 e. The van der Waals surface area contributed by atoms with E-state index in [1.54, 1.807) is 0 Å². The third-order valence-electron chi connectivity index (χ3n) is 2.66. The molecule has 4 heteroatoms. The van der Waals surface area contributed by atoms with Crippen molar-refractivity contribution in [1.82, 2.24) is 0 Å². The Morgan fingerprint density at radius 2 is 2.12 bits per heavy atom. The molecule has 0 aromatic heterocycles. The van der Waals surface area contributed by atoms with E-state index in [9.17, 15) is 5.11 Å². The molecular weight excluding hydrogens is 202 g/mol. The lowest BCUT2D eigenvalue weighted by Gasteiger charge is -2.08. The predicted molar refractivity (Wildman–Crippen MR) is 65.3 cm³/mol. The van der Waals surface area contributed by atoms with Crippen LogP contribution < -0.4 is 11.1 Å². The van der Waals surface area contributed by atoms with Gasteiger partial charge in [0.15, 0.2) is 5.96 Å². The maximum atomic E-state index is 9.61. The summed E-state index contributed by atoms with van der Waals surface area (Å²) in [6, 6.07) is 9.62. The van der Waals surface area contributed by atoms with Crippen molar-refractivity contribution in [3.8, 4) is 0 Å². The number of aliphatic hydroxyl groups excluding tert-OH is 1. The summed E-state index contributed by atoms with van der Waals surface area (Å²) in [6.07, 6.45) is 1.89. The van der Waals surface area contributed by atoms with Crippen LogP contribution in [0.15, 0.2) is 35.3 Å². The minimum atomic E-state index is -0.337. The molecular formula is C12H17N3O. The van der Waals surface area contributed by atoms with Gasteiger partial charge in [0.2, 0.25) is 0 Å². The Morgan fingerprint density at radius 3 is 2.75 bits per heavy atom. The lowest BCUT2D eigenvalue weighted by Crippen LogP contribution is -2.25. The van der Waals surface area contributed by atoms with Gasteiger partial charge in [-0.25, -0.2) is 0 Å². The fourth-order valence-electron chi connectivity index (χ4n) is 1.53. The van der Waals surface area contributed by atoms with E-state index in [1.807, 2.05) is 30.3 Å². The second-order valence-corrected chi connectivity index (χ2v) is 4.12. The van der Waals surface area contributed by atoms with Gasteiger partial charge in [0.25, 0.3) is 0 Å². The van der Waals surface area contributed by atoms with Crippen molar-refractivity contribution in [2.45, 2.75) is 18.9 Å². The van der Waals surface area contributed by atoms with Crippen LogP contribution in [0, 0.1) is 5.92 Å². The second kappa shape index (κ2) is 4.99. The van der Waals surface area contributed by atoms with Crippen molar-refractivity contribution < 1.29 is 5.11 Å². The number of benzene rings is 1. The van der Waals surface area contributed by atoms with Crippen molar-refractivity contribution in [3.63, 3.8) is 0 Å². The summed E-state index contributed by atoms with van der Waals surface area (Å²) in [5.74, 6) is 0.791. The Morgan fingerprint density at radius 1 is 1.44 bits per heavy atom. The van der Waals surface area contributed by atoms with Gasteiger partial charge in [-0.15, -0.1) is 0 Å². The molecule has 1 aromatic rings. The van der Waals surface area contributed by atoms with Gasteiger partial charge in [-0.2, -0.15) is 0 Å². The Hall–Kier alpha value is -1.55. The molecule has 0 heterocycles. The van der Waals surface area contributed by atoms with Gasteiger partial charge in [-0.05, 0) is 30.9 Å². The van der Waals surface area contributed by atoms with Crippen LogP contribution >= 0.6 is 0 Å². The van der Waals surface area contributed by atoms with E-state index in [2.05, 4.69) is 10.3 Å². The second-order valence-electron chi connectivity index (χ2n) is 4.12. The van der Waals surface area contributed by atoms with Crippen molar-refractivity contribution in [3.05, 3.63) is 30.3 Å². The van der Waals surface area contributed by atoms with Crippen molar-refractivity contribution in [2.24, 2.45) is 16.6 Å². The summed E-state index contributed by atoms with van der Waals surface area (Å²) < 4.78 is 0. The molecule has 0 bridgehead atoms. The first-order chi connectivity index (χ1) is 7.75. The Balaban J connectivity index is 1.82. The van der Waals surface area contributed by atoms with E-state index >= 15 is 0 Å². The molecule has 2 rings (SSSR count). The van der Waals surface area contributed by atoms with Crippen molar-refractivity contribution >= 4 is 11.6 Å². The maximum absolute atomic E-state index is 9.61. The number of rotatable bonds is 4. The predicted octanol–water partition coefficient (Wildman–Crippen LogP) is 1.18. The average molecular weight is 219 g/mol. The highest BCUT2D eigenvalue weighted by atomic mass is 16.3. The van der Waals surface area contributed by atoms with Crippen LogP contribution in [-0.2, 0) is 0 Å². The van der Waals surface area contributed by atoms with Gasteiger partial charge in [-0.3, -0.25) is 4.99 Å². The molecule has 1 aliphatic carbocycles. The first-order valence-corrected chi connectivity index (χ1v) is 5.56. The summed E-state index contributed by atoms with van der Waals surface area (Å²) in [4.78, 5) is 4.11. The molecule has 4 N–H and O–H groups in total. The third-order valence-corrected chi connectivity index (χ3v) is 2.66. The highest BCUT2D eigenvalue weighted by molar-refractivity contribution is 5.92. The van der Waals surface area contributed by atoms with E-state index in [-0.39, 0.29) is 6.10 Å². The molecule has 0 amide bonds. The maximum Gasteiger partial charge on any atom is 0.193 e. The summed E-state index contributed by atoms with van der Waals surface area (Å²) in [5, 5.41) is 12.6. The van der Waals surface area contributed by atoms with Gasteiger partial charge in [0, 0.05) is 5.69 Å². The molecule has 0 aliphatic heterocycles. The minimum absolute atomic E-state index is 0.337. The molecule has 0 radical (unpaired) electrons. The summed E-state index contributed by atoms with van der Waals surface area (Å²) >= 11 is 0. The van der Waals surface area contributed by atoms with Crippen LogP contribution in [0.5, 0.6) is 0 Å². The molecule has 1 atom stereocenters. The smallest absolute Gasteiger partial charge is 0.193 e. The van der Waals surface area contributed by atoms with Crippen molar-refractivity contribution in [1.29, 1.82) is 0 Å². The van der Waals surface area contributed by atoms with Crippen LogP contribution in [0.2, 0.25) is 0 Å². The van der Waals surface area contributed by atoms with E-state index in [1.165, 1.54) is 0 Å². The van der Waals surface area contributed by atoms with Crippen molar-refractivity contribution in [2.75, 3.05) is 11.9 Å². The number of para-hydroxylation sites is 1. The molecule has 1 fully saturated rings. The lowest BCUT2D eigenvalue weighted by atomic mass is 10.2. The molecule has 1 aromatic carbocycles. The number of nitrogens with zero attached hydrogens (tertiary/aromatic N) is 1. The zero-order valence-electron chi connectivity index (χ0n) is 9.13. The van der Waals surface area contributed by atoms with Gasteiger partial charge in [0.1, 0.15) is 0 Å². The van der Waals surface area contributed by atoms with Gasteiger partial charge in [0.05, 0.1) is 12.6 Å². The van der Waals surface area contributed by atoms with E-state index < -0.39 is 0 Å². The standard InChI is InChI=1S/C12H17N3O/c13-12(14-8-11(16)9-6-7-9)15-10-4-2-1-3-5-10/h1-5,9,11,16H,6-8H2,(H3,13,14,15). The van der Waals surface area contributed by atoms with Gasteiger partial charge >= 0.3 is 0 Å². The lowest BCUT2D eigenvalue weighted by molar-refractivity contribution is 0.160. The Kier molecular flexibility index (Phi) is 3.41. The SMILES string of the molecule is NC(=NCC(O)C1CC1)Nc1ccccc1. The zero-order valence-corrected chi connectivity index (χ0v) is 9.13. The topological polar surface area (TPSA) is 70.6 Å². The highest BCUT2D eigenvalue weighted by Gasteiger charge is 2.29. The molecule has 0 saturated heterocycles. The molecule has 86 valence electrons. The number of aliphatic imine (C=N–C) groups is 1. The van der Waals surface area contributed by atoms with E-state index in [0.717, 1.165) is 18.5 Å². The Labute approximate surface area is 95.2 Å². The number of aliphatic hydroxyl groups is 1. The number of nitrogens with one attached hydrogen (secondary N) is 1. The number of guanidine groups is 1. The molecule has 1 saturated carbocycles. The Bertz CT molecular complexity index is 360. The fraction of sp³-hybridized carbons (Fsp3) is 0.417. The van der Waals surface area contributed by atoms with Gasteiger partial charge < -0.3 is 16.2 Å². The number of hydrogen-bond acceptors (Lipinski definition) is 2. The zero-order chi connectivity index (χ0) is 11.4. The summed E-state index contributed by atoms with van der Waals surface area (Å²) in [7, 11) is 0. The summed E-state index contributed by atoms with van der Waals surface area (Å²) in [5.41, 5.74) is 6.61. The normalized spacial score (nSPS) is 18.2. The van der Waals surface area contributed by atoms with Crippen LogP contribution in [0.25, 0.3) is 0 Å². The molecule has 1 unspecified atom stereocenters. The molecule has 1 aliphatic rings. The first-order valence-electron chi connectivity index (χ1n) is 5.56. The number of anilines is 1. The number of nitrogens with two attached hydrogens (primary N) is 1.